The monoisotopic (exact) mass is 464 g/mol. The van der Waals surface area contributed by atoms with E-state index in [1.165, 1.54) is 11.8 Å². The zero-order valence-corrected chi connectivity index (χ0v) is 18.0. The Morgan fingerprint density at radius 1 is 0.793 bits per heavy atom. The maximum absolute atomic E-state index is 12.2. The van der Waals surface area contributed by atoms with Crippen LogP contribution in [0.5, 0.6) is 0 Å². The minimum atomic E-state index is -0.242. The minimum Gasteiger partial charge on any atom is -0.325 e. The van der Waals surface area contributed by atoms with Crippen molar-refractivity contribution in [1.82, 2.24) is 0 Å². The van der Waals surface area contributed by atoms with Crippen LogP contribution in [0.3, 0.4) is 0 Å². The number of carbonyl (C=O) groups excluding carboxylic acids is 2. The van der Waals surface area contributed by atoms with E-state index in [2.05, 4.69) is 10.6 Å². The van der Waals surface area contributed by atoms with Gasteiger partial charge in [0.25, 0.3) is 5.91 Å². The Hall–Kier alpha value is -2.18. The van der Waals surface area contributed by atoms with Gasteiger partial charge in [-0.05, 0) is 60.7 Å². The predicted octanol–water partition coefficient (Wildman–Crippen LogP) is 6.63. The molecule has 148 valence electrons. The molecule has 2 amide bonds. The fourth-order valence-corrected chi connectivity index (χ4v) is 3.57. The number of benzene rings is 3. The predicted molar refractivity (Wildman–Crippen MR) is 122 cm³/mol. The molecule has 0 saturated carbocycles. The zero-order valence-electron chi connectivity index (χ0n) is 14.9. The van der Waals surface area contributed by atoms with Gasteiger partial charge in [-0.15, -0.1) is 11.8 Å². The van der Waals surface area contributed by atoms with Crippen molar-refractivity contribution < 1.29 is 9.59 Å². The van der Waals surface area contributed by atoms with Crippen LogP contribution in [0.1, 0.15) is 10.4 Å². The topological polar surface area (TPSA) is 58.2 Å². The molecule has 2 N–H and O–H groups in total. The standard InChI is InChI=1S/C21H15Cl3N2O2S/c22-14-3-1-2-13(10-14)21(28)26-15-4-7-17(8-5-15)29-12-20(27)25-16-6-9-18(23)19(24)11-16/h1-11H,12H2,(H,25,27)(H,26,28). The third kappa shape index (κ3) is 6.41. The summed E-state index contributed by atoms with van der Waals surface area (Å²) < 4.78 is 0. The van der Waals surface area contributed by atoms with Crippen LogP contribution in [0.15, 0.2) is 71.6 Å². The Morgan fingerprint density at radius 2 is 1.52 bits per heavy atom. The molecule has 0 radical (unpaired) electrons. The first-order valence-electron chi connectivity index (χ1n) is 8.45. The van der Waals surface area contributed by atoms with Gasteiger partial charge in [0.15, 0.2) is 0 Å². The molecule has 0 aliphatic heterocycles. The van der Waals surface area contributed by atoms with Gasteiger partial charge in [0.1, 0.15) is 0 Å². The molecule has 0 bridgehead atoms. The number of amides is 2. The maximum Gasteiger partial charge on any atom is 0.255 e. The number of hydrogen-bond acceptors (Lipinski definition) is 3. The lowest BCUT2D eigenvalue weighted by Crippen LogP contribution is -2.14. The van der Waals surface area contributed by atoms with E-state index in [-0.39, 0.29) is 17.6 Å². The summed E-state index contributed by atoms with van der Waals surface area (Å²) in [6, 6.07) is 18.9. The molecule has 3 aromatic carbocycles. The molecule has 0 saturated heterocycles. The van der Waals surface area contributed by atoms with E-state index < -0.39 is 0 Å². The molecule has 4 nitrogen and oxygen atoms in total. The van der Waals surface area contributed by atoms with Crippen molar-refractivity contribution in [2.24, 2.45) is 0 Å². The summed E-state index contributed by atoms with van der Waals surface area (Å²) in [5, 5.41) is 6.90. The summed E-state index contributed by atoms with van der Waals surface area (Å²) in [6.45, 7) is 0. The zero-order chi connectivity index (χ0) is 20.8. The van der Waals surface area contributed by atoms with Gasteiger partial charge in [-0.3, -0.25) is 9.59 Å². The van der Waals surface area contributed by atoms with Crippen molar-refractivity contribution in [1.29, 1.82) is 0 Å². The fourth-order valence-electron chi connectivity index (χ4n) is 2.39. The number of anilines is 2. The van der Waals surface area contributed by atoms with E-state index in [0.717, 1.165) is 4.90 Å². The van der Waals surface area contributed by atoms with Gasteiger partial charge in [0, 0.05) is 26.9 Å². The molecule has 8 heteroatoms. The van der Waals surface area contributed by atoms with Crippen molar-refractivity contribution in [3.63, 3.8) is 0 Å². The first-order valence-corrected chi connectivity index (χ1v) is 10.6. The van der Waals surface area contributed by atoms with Crippen LogP contribution in [0.25, 0.3) is 0 Å². The Labute approximate surface area is 187 Å². The molecule has 0 aromatic heterocycles. The lowest BCUT2D eigenvalue weighted by atomic mass is 10.2. The molecule has 0 fully saturated rings. The molecule has 0 aliphatic rings. The fraction of sp³-hybridized carbons (Fsp3) is 0.0476. The van der Waals surface area contributed by atoms with Gasteiger partial charge in [-0.2, -0.15) is 0 Å². The van der Waals surface area contributed by atoms with Crippen LogP contribution >= 0.6 is 46.6 Å². The van der Waals surface area contributed by atoms with Crippen molar-refractivity contribution in [3.05, 3.63) is 87.4 Å². The number of thioether (sulfide) groups is 1. The quantitative estimate of drug-likeness (QED) is 0.402. The first kappa shape index (κ1) is 21.5. The lowest BCUT2D eigenvalue weighted by Gasteiger charge is -2.08. The SMILES string of the molecule is O=C(CSc1ccc(NC(=O)c2cccc(Cl)c2)cc1)Nc1ccc(Cl)c(Cl)c1. The van der Waals surface area contributed by atoms with Gasteiger partial charge in [0.05, 0.1) is 15.8 Å². The highest BCUT2D eigenvalue weighted by atomic mass is 35.5. The lowest BCUT2D eigenvalue weighted by molar-refractivity contribution is -0.113. The highest BCUT2D eigenvalue weighted by molar-refractivity contribution is 8.00. The number of hydrogen-bond donors (Lipinski definition) is 2. The van der Waals surface area contributed by atoms with Gasteiger partial charge in [0.2, 0.25) is 5.91 Å². The number of rotatable bonds is 6. The smallest absolute Gasteiger partial charge is 0.255 e. The van der Waals surface area contributed by atoms with E-state index in [1.54, 1.807) is 54.6 Å². The normalized spacial score (nSPS) is 10.4. The number of nitrogens with one attached hydrogen (secondary N) is 2. The summed E-state index contributed by atoms with van der Waals surface area (Å²) in [4.78, 5) is 25.2. The van der Waals surface area contributed by atoms with E-state index in [0.29, 0.717) is 32.0 Å². The van der Waals surface area contributed by atoms with Crippen LogP contribution in [0, 0.1) is 0 Å². The molecule has 0 heterocycles. The molecule has 29 heavy (non-hydrogen) atoms. The molecule has 0 unspecified atom stereocenters. The Kier molecular flexibility index (Phi) is 7.45. The highest BCUT2D eigenvalue weighted by Gasteiger charge is 2.08. The second-order valence-corrected chi connectivity index (χ2v) is 8.25. The molecule has 0 atom stereocenters. The molecule has 3 rings (SSSR count). The summed E-state index contributed by atoms with van der Waals surface area (Å²) in [5.41, 5.74) is 1.72. The Morgan fingerprint density at radius 3 is 2.21 bits per heavy atom. The van der Waals surface area contributed by atoms with E-state index in [1.807, 2.05) is 12.1 Å². The molecule has 0 aliphatic carbocycles. The summed E-state index contributed by atoms with van der Waals surface area (Å²) >= 11 is 19.1. The first-order chi connectivity index (χ1) is 13.9. The van der Waals surface area contributed by atoms with Crippen molar-refractivity contribution >= 4 is 69.8 Å². The van der Waals surface area contributed by atoms with Crippen LogP contribution in [0.4, 0.5) is 11.4 Å². The van der Waals surface area contributed by atoms with Gasteiger partial charge < -0.3 is 10.6 Å². The largest absolute Gasteiger partial charge is 0.325 e. The third-order valence-corrected chi connectivity index (χ3v) is 5.76. The van der Waals surface area contributed by atoms with E-state index in [4.69, 9.17) is 34.8 Å². The van der Waals surface area contributed by atoms with Crippen LogP contribution in [-0.2, 0) is 4.79 Å². The van der Waals surface area contributed by atoms with Gasteiger partial charge in [-0.1, -0.05) is 40.9 Å². The Balaban J connectivity index is 1.51. The number of halogens is 3. The second kappa shape index (κ2) is 10.0. The maximum atomic E-state index is 12.2. The number of carbonyl (C=O) groups is 2. The average Bonchev–Trinajstić information content (AvgIpc) is 2.70. The molecule has 3 aromatic rings. The van der Waals surface area contributed by atoms with Crippen LogP contribution < -0.4 is 10.6 Å². The second-order valence-electron chi connectivity index (χ2n) is 5.95. The van der Waals surface area contributed by atoms with E-state index >= 15 is 0 Å². The van der Waals surface area contributed by atoms with Crippen LogP contribution in [-0.4, -0.2) is 17.6 Å². The van der Waals surface area contributed by atoms with Crippen molar-refractivity contribution in [2.75, 3.05) is 16.4 Å². The van der Waals surface area contributed by atoms with Gasteiger partial charge in [-0.25, -0.2) is 0 Å². The Bertz CT molecular complexity index is 1040. The average molecular weight is 466 g/mol. The van der Waals surface area contributed by atoms with Crippen molar-refractivity contribution in [2.45, 2.75) is 4.90 Å². The van der Waals surface area contributed by atoms with Gasteiger partial charge >= 0.3 is 0 Å². The molecular weight excluding hydrogens is 451 g/mol. The highest BCUT2D eigenvalue weighted by Crippen LogP contribution is 2.26. The molecular formula is C21H15Cl3N2O2S. The van der Waals surface area contributed by atoms with Crippen molar-refractivity contribution in [3.8, 4) is 0 Å². The van der Waals surface area contributed by atoms with E-state index in [9.17, 15) is 9.59 Å². The van der Waals surface area contributed by atoms with Crippen LogP contribution in [0.2, 0.25) is 15.1 Å². The third-order valence-electron chi connectivity index (χ3n) is 3.77. The molecule has 0 spiro atoms. The summed E-state index contributed by atoms with van der Waals surface area (Å²) in [7, 11) is 0. The minimum absolute atomic E-state index is 0.160. The summed E-state index contributed by atoms with van der Waals surface area (Å²) in [6.07, 6.45) is 0. The summed E-state index contributed by atoms with van der Waals surface area (Å²) in [5.74, 6) is -0.172.